The molecule has 10 heteroatoms. The lowest BCUT2D eigenvalue weighted by Crippen LogP contribution is -2.37. The Labute approximate surface area is 175 Å². The molecule has 0 bridgehead atoms. The lowest BCUT2D eigenvalue weighted by molar-refractivity contribution is -0.120. The van der Waals surface area contributed by atoms with Gasteiger partial charge in [0.15, 0.2) is 0 Å². The average molecular weight is 420 g/mol. The molecule has 0 spiro atoms. The number of morpholine rings is 1. The van der Waals surface area contributed by atoms with E-state index in [4.69, 9.17) is 9.72 Å². The van der Waals surface area contributed by atoms with Crippen LogP contribution in [-0.2, 0) is 9.53 Å². The molecule has 1 N–H and O–H groups in total. The molecule has 0 aromatic carbocycles. The lowest BCUT2D eigenvalue weighted by atomic mass is 10.1. The van der Waals surface area contributed by atoms with Crippen LogP contribution in [0.4, 0.5) is 16.9 Å². The van der Waals surface area contributed by atoms with Crippen LogP contribution in [0.25, 0.3) is 0 Å². The number of unbranched alkanes of at least 4 members (excludes halogenated alkanes) is 3. The topological polar surface area (TPSA) is 96.4 Å². The van der Waals surface area contributed by atoms with Crippen LogP contribution in [-0.4, -0.2) is 65.1 Å². The Hall–Kier alpha value is -2.33. The first kappa shape index (κ1) is 21.4. The van der Waals surface area contributed by atoms with E-state index in [1.54, 1.807) is 13.2 Å². The van der Waals surface area contributed by atoms with Crippen LogP contribution in [0.2, 0.25) is 0 Å². The van der Waals surface area contributed by atoms with Gasteiger partial charge < -0.3 is 19.9 Å². The predicted octanol–water partition coefficient (Wildman–Crippen LogP) is 2.31. The fourth-order valence-corrected chi connectivity index (χ4v) is 3.85. The van der Waals surface area contributed by atoms with Gasteiger partial charge in [-0.3, -0.25) is 4.79 Å². The van der Waals surface area contributed by atoms with Crippen molar-refractivity contribution in [1.82, 2.24) is 24.6 Å². The molecule has 0 aliphatic carbocycles. The second-order valence-corrected chi connectivity index (χ2v) is 7.66. The highest BCUT2D eigenvalue weighted by molar-refractivity contribution is 7.09. The molecule has 29 heavy (non-hydrogen) atoms. The van der Waals surface area contributed by atoms with Crippen molar-refractivity contribution in [3.8, 4) is 0 Å². The van der Waals surface area contributed by atoms with Crippen molar-refractivity contribution in [2.75, 3.05) is 49.7 Å². The molecule has 1 fully saturated rings. The third-order valence-corrected chi connectivity index (χ3v) is 5.59. The summed E-state index contributed by atoms with van der Waals surface area (Å²) in [5.41, 5.74) is 0. The first-order valence-electron chi connectivity index (χ1n) is 10.1. The Morgan fingerprint density at radius 2 is 2.03 bits per heavy atom. The Morgan fingerprint density at radius 3 is 2.76 bits per heavy atom. The minimum absolute atomic E-state index is 0.104. The molecule has 1 aliphatic heterocycles. The van der Waals surface area contributed by atoms with Gasteiger partial charge in [0.1, 0.15) is 11.6 Å². The standard InChI is InChI=1S/C19H29N7O2S/c1-15-22-19(29-24-15)26(10-6-4-3-5-7-17(27)20-2)16-8-9-21-18(23-16)25-11-13-28-14-12-25/h8-9H,3-7,10-14H2,1-2H3,(H,20,27). The van der Waals surface area contributed by atoms with Crippen LogP contribution in [0.1, 0.15) is 37.9 Å². The zero-order valence-corrected chi connectivity index (χ0v) is 18.0. The van der Waals surface area contributed by atoms with Gasteiger partial charge in [-0.25, -0.2) is 9.97 Å². The van der Waals surface area contributed by atoms with Crippen molar-refractivity contribution in [2.45, 2.75) is 39.0 Å². The number of amides is 1. The molecule has 9 nitrogen and oxygen atoms in total. The van der Waals surface area contributed by atoms with Gasteiger partial charge in [0.2, 0.25) is 17.0 Å². The van der Waals surface area contributed by atoms with Crippen LogP contribution in [0.3, 0.4) is 0 Å². The zero-order valence-electron chi connectivity index (χ0n) is 17.1. The molecule has 3 heterocycles. The van der Waals surface area contributed by atoms with E-state index in [1.165, 1.54) is 11.5 Å². The number of anilines is 3. The van der Waals surface area contributed by atoms with Crippen molar-refractivity contribution in [2.24, 2.45) is 0 Å². The summed E-state index contributed by atoms with van der Waals surface area (Å²) in [4.78, 5) is 29.4. The number of rotatable bonds is 10. The number of aryl methyl sites for hydroxylation is 1. The first-order chi connectivity index (χ1) is 14.2. The maximum Gasteiger partial charge on any atom is 0.227 e. The summed E-state index contributed by atoms with van der Waals surface area (Å²) in [7, 11) is 1.68. The predicted molar refractivity (Wildman–Crippen MR) is 114 cm³/mol. The smallest absolute Gasteiger partial charge is 0.227 e. The molecule has 2 aromatic heterocycles. The zero-order chi connectivity index (χ0) is 20.5. The molecule has 1 aliphatic rings. The van der Waals surface area contributed by atoms with Crippen LogP contribution >= 0.6 is 11.5 Å². The normalized spacial score (nSPS) is 14.1. The van der Waals surface area contributed by atoms with E-state index in [9.17, 15) is 4.79 Å². The number of carbonyl (C=O) groups is 1. The summed E-state index contributed by atoms with van der Waals surface area (Å²) in [6, 6.07) is 1.92. The quantitative estimate of drug-likeness (QED) is 0.586. The van der Waals surface area contributed by atoms with Gasteiger partial charge in [-0.2, -0.15) is 9.36 Å². The molecule has 0 radical (unpaired) electrons. The van der Waals surface area contributed by atoms with Crippen LogP contribution in [0.15, 0.2) is 12.3 Å². The molecule has 1 amide bonds. The van der Waals surface area contributed by atoms with E-state index in [1.807, 2.05) is 13.0 Å². The Bertz CT molecular complexity index is 779. The van der Waals surface area contributed by atoms with E-state index in [0.717, 1.165) is 68.0 Å². The van der Waals surface area contributed by atoms with Crippen molar-refractivity contribution >= 4 is 34.3 Å². The van der Waals surface area contributed by atoms with E-state index in [2.05, 4.69) is 29.5 Å². The summed E-state index contributed by atoms with van der Waals surface area (Å²) in [5.74, 6) is 2.43. The van der Waals surface area contributed by atoms with Gasteiger partial charge in [-0.1, -0.05) is 12.8 Å². The van der Waals surface area contributed by atoms with E-state index in [-0.39, 0.29) is 5.91 Å². The Kier molecular flexibility index (Phi) is 8.12. The molecular weight excluding hydrogens is 390 g/mol. The second-order valence-electron chi connectivity index (χ2n) is 6.93. The SMILES string of the molecule is CNC(=O)CCCCCCN(c1ccnc(N2CCOCC2)n1)c1nc(C)ns1. The van der Waals surface area contributed by atoms with Crippen LogP contribution < -0.4 is 15.1 Å². The van der Waals surface area contributed by atoms with E-state index < -0.39 is 0 Å². The number of nitrogens with one attached hydrogen (secondary N) is 1. The average Bonchev–Trinajstić information content (AvgIpc) is 3.19. The number of hydrogen-bond acceptors (Lipinski definition) is 9. The highest BCUT2D eigenvalue weighted by atomic mass is 32.1. The highest BCUT2D eigenvalue weighted by Gasteiger charge is 2.19. The fraction of sp³-hybridized carbons (Fsp3) is 0.632. The largest absolute Gasteiger partial charge is 0.378 e. The van der Waals surface area contributed by atoms with Gasteiger partial charge in [-0.05, 0) is 25.8 Å². The van der Waals surface area contributed by atoms with Crippen LogP contribution in [0.5, 0.6) is 0 Å². The van der Waals surface area contributed by atoms with Crippen molar-refractivity contribution in [1.29, 1.82) is 0 Å². The number of ether oxygens (including phenoxy) is 1. The second kappa shape index (κ2) is 11.0. The van der Waals surface area contributed by atoms with Gasteiger partial charge in [-0.15, -0.1) is 0 Å². The monoisotopic (exact) mass is 419 g/mol. The number of hydrogen-bond donors (Lipinski definition) is 1. The molecule has 3 rings (SSSR count). The molecule has 2 aromatic rings. The Balaban J connectivity index is 1.64. The van der Waals surface area contributed by atoms with Gasteiger partial charge in [0.05, 0.1) is 13.2 Å². The Morgan fingerprint density at radius 1 is 1.24 bits per heavy atom. The number of aromatic nitrogens is 4. The molecular formula is C19H29N7O2S. The van der Waals surface area contributed by atoms with Crippen molar-refractivity contribution < 1.29 is 9.53 Å². The molecule has 1 saturated heterocycles. The van der Waals surface area contributed by atoms with Crippen molar-refractivity contribution in [3.63, 3.8) is 0 Å². The molecule has 0 saturated carbocycles. The first-order valence-corrected chi connectivity index (χ1v) is 10.9. The van der Waals surface area contributed by atoms with Gasteiger partial charge >= 0.3 is 0 Å². The van der Waals surface area contributed by atoms with Crippen LogP contribution in [0, 0.1) is 6.92 Å². The summed E-state index contributed by atoms with van der Waals surface area (Å²) in [5, 5.41) is 3.51. The van der Waals surface area contributed by atoms with Gasteiger partial charge in [0, 0.05) is 50.8 Å². The fourth-order valence-electron chi connectivity index (χ4n) is 3.14. The third kappa shape index (κ3) is 6.33. The summed E-state index contributed by atoms with van der Waals surface area (Å²) in [6.45, 7) is 5.69. The number of nitrogens with zero attached hydrogens (tertiary/aromatic N) is 6. The summed E-state index contributed by atoms with van der Waals surface area (Å²) < 4.78 is 9.76. The summed E-state index contributed by atoms with van der Waals surface area (Å²) >= 11 is 1.39. The van der Waals surface area contributed by atoms with E-state index >= 15 is 0 Å². The maximum atomic E-state index is 11.3. The minimum atomic E-state index is 0.104. The summed E-state index contributed by atoms with van der Waals surface area (Å²) in [6.07, 6.45) is 6.36. The minimum Gasteiger partial charge on any atom is -0.378 e. The molecule has 0 atom stereocenters. The lowest BCUT2D eigenvalue weighted by Gasteiger charge is -2.28. The number of carbonyl (C=O) groups excluding carboxylic acids is 1. The van der Waals surface area contributed by atoms with Crippen molar-refractivity contribution in [3.05, 3.63) is 18.1 Å². The molecule has 0 unspecified atom stereocenters. The molecule has 158 valence electrons. The van der Waals surface area contributed by atoms with Gasteiger partial charge in [0.25, 0.3) is 0 Å². The van der Waals surface area contributed by atoms with E-state index in [0.29, 0.717) is 19.6 Å². The maximum absolute atomic E-state index is 11.3. The third-order valence-electron chi connectivity index (χ3n) is 4.76. The highest BCUT2D eigenvalue weighted by Crippen LogP contribution is 2.27.